The van der Waals surface area contributed by atoms with E-state index in [2.05, 4.69) is 6.08 Å². The maximum absolute atomic E-state index is 9.91. The Bertz CT molecular complexity index is 134. The van der Waals surface area contributed by atoms with Crippen LogP contribution in [-0.4, -0.2) is 6.29 Å². The molecule has 0 heterocycles. The first-order valence-corrected chi connectivity index (χ1v) is 4.13. The lowest BCUT2D eigenvalue weighted by atomic mass is 10.2. The Hall–Kier alpha value is -0.850. The highest BCUT2D eigenvalue weighted by molar-refractivity contribution is 5.48. The quantitative estimate of drug-likeness (QED) is 0.325. The van der Waals surface area contributed by atoms with E-state index >= 15 is 0 Å². The third kappa shape index (κ3) is 9.15. The van der Waals surface area contributed by atoms with E-state index in [4.69, 9.17) is 0 Å². The summed E-state index contributed by atoms with van der Waals surface area (Å²) in [5.41, 5.74) is 0. The van der Waals surface area contributed by atoms with Crippen molar-refractivity contribution in [2.45, 2.75) is 32.6 Å². The maximum atomic E-state index is 9.91. The summed E-state index contributed by atoms with van der Waals surface area (Å²) in [6, 6.07) is 0. The van der Waals surface area contributed by atoms with E-state index in [-0.39, 0.29) is 0 Å². The minimum atomic E-state index is 0.706. The summed E-state index contributed by atoms with van der Waals surface area (Å²) in [4.78, 5) is 9.91. The molecule has 0 saturated heterocycles. The van der Waals surface area contributed by atoms with Crippen LogP contribution in [0.4, 0.5) is 0 Å². The molecule has 1 heteroatoms. The van der Waals surface area contributed by atoms with Crippen molar-refractivity contribution in [3.8, 4) is 0 Å². The number of rotatable bonds is 6. The molecule has 1 nitrogen and oxygen atoms in total. The van der Waals surface area contributed by atoms with Gasteiger partial charge in [-0.2, -0.15) is 0 Å². The predicted octanol–water partition coefficient (Wildman–Crippen LogP) is 2.88. The van der Waals surface area contributed by atoms with Crippen LogP contribution >= 0.6 is 0 Å². The summed E-state index contributed by atoms with van der Waals surface area (Å²) in [5, 5.41) is 0. The Balaban J connectivity index is 3.06. The van der Waals surface area contributed by atoms with Crippen LogP contribution in [-0.2, 0) is 4.79 Å². The van der Waals surface area contributed by atoms with Crippen molar-refractivity contribution in [3.63, 3.8) is 0 Å². The zero-order valence-electron chi connectivity index (χ0n) is 7.12. The summed E-state index contributed by atoms with van der Waals surface area (Å²) >= 11 is 0. The first-order chi connectivity index (χ1) is 5.41. The highest BCUT2D eigenvalue weighted by Gasteiger charge is 1.82. The summed E-state index contributed by atoms with van der Waals surface area (Å²) in [5.74, 6) is 0. The number of hydrogen-bond donors (Lipinski definition) is 0. The van der Waals surface area contributed by atoms with Gasteiger partial charge in [0.05, 0.1) is 0 Å². The summed E-state index contributed by atoms with van der Waals surface area (Å²) in [7, 11) is 0. The number of carbonyl (C=O) groups excluding carboxylic acids is 1. The molecule has 62 valence electrons. The van der Waals surface area contributed by atoms with Crippen molar-refractivity contribution < 1.29 is 4.79 Å². The van der Waals surface area contributed by atoms with Crippen LogP contribution in [0.3, 0.4) is 0 Å². The molecule has 0 saturated carbocycles. The molecule has 0 aromatic heterocycles. The average molecular weight is 152 g/mol. The van der Waals surface area contributed by atoms with Gasteiger partial charge in [-0.3, -0.25) is 0 Å². The van der Waals surface area contributed by atoms with E-state index in [1.807, 2.05) is 25.2 Å². The van der Waals surface area contributed by atoms with Crippen molar-refractivity contribution in [3.05, 3.63) is 24.3 Å². The second-order valence-electron chi connectivity index (χ2n) is 2.41. The van der Waals surface area contributed by atoms with Gasteiger partial charge in [0.1, 0.15) is 6.29 Å². The smallest absolute Gasteiger partial charge is 0.119 e. The number of unbranched alkanes of at least 4 members (excludes halogenated alkanes) is 3. The Morgan fingerprint density at radius 1 is 1.09 bits per heavy atom. The number of hydrogen-bond acceptors (Lipinski definition) is 1. The predicted molar refractivity (Wildman–Crippen MR) is 48.5 cm³/mol. The molecule has 0 spiro atoms. The first-order valence-electron chi connectivity index (χ1n) is 4.13. The van der Waals surface area contributed by atoms with Gasteiger partial charge in [0.15, 0.2) is 0 Å². The molecule has 0 atom stereocenters. The third-order valence-electron chi connectivity index (χ3n) is 1.38. The van der Waals surface area contributed by atoms with Gasteiger partial charge in [0, 0.05) is 6.42 Å². The van der Waals surface area contributed by atoms with Crippen molar-refractivity contribution in [2.24, 2.45) is 0 Å². The molecule has 0 aromatic carbocycles. The molecule has 0 amide bonds. The van der Waals surface area contributed by atoms with Gasteiger partial charge in [-0.05, 0) is 26.2 Å². The van der Waals surface area contributed by atoms with Crippen molar-refractivity contribution in [1.29, 1.82) is 0 Å². The first kappa shape index (κ1) is 10.2. The second kappa shape index (κ2) is 9.15. The molecule has 0 bridgehead atoms. The largest absolute Gasteiger partial charge is 0.303 e. The van der Waals surface area contributed by atoms with E-state index in [1.165, 1.54) is 0 Å². The van der Waals surface area contributed by atoms with Crippen LogP contribution in [0.5, 0.6) is 0 Å². The fourth-order valence-electron chi connectivity index (χ4n) is 0.776. The van der Waals surface area contributed by atoms with Crippen molar-refractivity contribution >= 4 is 6.29 Å². The van der Waals surface area contributed by atoms with Crippen LogP contribution < -0.4 is 0 Å². The van der Waals surface area contributed by atoms with Crippen LogP contribution in [0.2, 0.25) is 0 Å². The Morgan fingerprint density at radius 3 is 2.45 bits per heavy atom. The monoisotopic (exact) mass is 152 g/mol. The maximum Gasteiger partial charge on any atom is 0.119 e. The summed E-state index contributed by atoms with van der Waals surface area (Å²) in [6.07, 6.45) is 13.1. The fourth-order valence-corrected chi connectivity index (χ4v) is 0.776. The topological polar surface area (TPSA) is 17.1 Å². The van der Waals surface area contributed by atoms with Gasteiger partial charge in [0.25, 0.3) is 0 Å². The lowest BCUT2D eigenvalue weighted by Crippen LogP contribution is -1.75. The molecule has 0 N–H and O–H groups in total. The molecule has 0 unspecified atom stereocenters. The van der Waals surface area contributed by atoms with Crippen molar-refractivity contribution in [1.82, 2.24) is 0 Å². The van der Waals surface area contributed by atoms with Gasteiger partial charge in [-0.15, -0.1) is 0 Å². The number of carbonyl (C=O) groups is 1. The van der Waals surface area contributed by atoms with E-state index in [0.717, 1.165) is 25.5 Å². The van der Waals surface area contributed by atoms with Crippen LogP contribution in [0, 0.1) is 0 Å². The Labute approximate surface area is 68.8 Å². The number of aldehydes is 1. The molecule has 0 aromatic rings. The standard InChI is InChI=1S/C10H16O/c1-2-3-4-5-6-7-8-9-10-11/h2-5,10H,6-9H2,1H3/b3-2+,5-4?. The molecule has 0 aliphatic rings. The van der Waals surface area contributed by atoms with Gasteiger partial charge in [0.2, 0.25) is 0 Å². The zero-order valence-corrected chi connectivity index (χ0v) is 7.12. The highest BCUT2D eigenvalue weighted by Crippen LogP contribution is 1.98. The lowest BCUT2D eigenvalue weighted by molar-refractivity contribution is -0.107. The van der Waals surface area contributed by atoms with E-state index in [9.17, 15) is 4.79 Å². The fraction of sp³-hybridized carbons (Fsp3) is 0.500. The van der Waals surface area contributed by atoms with Gasteiger partial charge >= 0.3 is 0 Å². The van der Waals surface area contributed by atoms with Crippen LogP contribution in [0.25, 0.3) is 0 Å². The normalized spacial score (nSPS) is 11.4. The van der Waals surface area contributed by atoms with Gasteiger partial charge in [-0.25, -0.2) is 0 Å². The molecule has 0 rings (SSSR count). The Kier molecular flexibility index (Phi) is 8.44. The highest BCUT2D eigenvalue weighted by atomic mass is 16.1. The second-order valence-corrected chi connectivity index (χ2v) is 2.41. The lowest BCUT2D eigenvalue weighted by Gasteiger charge is -1.88. The molecule has 0 aliphatic carbocycles. The minimum Gasteiger partial charge on any atom is -0.303 e. The molecule has 11 heavy (non-hydrogen) atoms. The SMILES string of the molecule is C/C=C/C=CCCCCC=O. The average Bonchev–Trinajstić information content (AvgIpc) is 2.03. The minimum absolute atomic E-state index is 0.706. The third-order valence-corrected chi connectivity index (χ3v) is 1.38. The summed E-state index contributed by atoms with van der Waals surface area (Å²) in [6.45, 7) is 2.00. The zero-order chi connectivity index (χ0) is 8.36. The van der Waals surface area contributed by atoms with E-state index in [0.29, 0.717) is 6.42 Å². The summed E-state index contributed by atoms with van der Waals surface area (Å²) < 4.78 is 0. The molecular weight excluding hydrogens is 136 g/mol. The van der Waals surface area contributed by atoms with Gasteiger partial charge in [-0.1, -0.05) is 24.3 Å². The molecule has 0 aliphatic heterocycles. The van der Waals surface area contributed by atoms with Crippen LogP contribution in [0.1, 0.15) is 32.6 Å². The van der Waals surface area contributed by atoms with Gasteiger partial charge < -0.3 is 4.79 Å². The van der Waals surface area contributed by atoms with E-state index in [1.54, 1.807) is 0 Å². The van der Waals surface area contributed by atoms with E-state index < -0.39 is 0 Å². The Morgan fingerprint density at radius 2 is 1.82 bits per heavy atom. The van der Waals surface area contributed by atoms with Crippen molar-refractivity contribution in [2.75, 3.05) is 0 Å². The molecule has 0 radical (unpaired) electrons. The molecular formula is C10H16O. The number of allylic oxidation sites excluding steroid dienone is 4. The molecule has 0 fully saturated rings. The van der Waals surface area contributed by atoms with Crippen LogP contribution in [0.15, 0.2) is 24.3 Å².